The van der Waals surface area contributed by atoms with E-state index in [0.29, 0.717) is 13.2 Å². The van der Waals surface area contributed by atoms with E-state index < -0.39 is 0 Å². The van der Waals surface area contributed by atoms with Crippen LogP contribution in [0.2, 0.25) is 0 Å². The Labute approximate surface area is 112 Å². The van der Waals surface area contributed by atoms with Crippen LogP contribution in [0.3, 0.4) is 0 Å². The van der Waals surface area contributed by atoms with Crippen LogP contribution in [-0.4, -0.2) is 31.2 Å². The van der Waals surface area contributed by atoms with Gasteiger partial charge in [-0.25, -0.2) is 0 Å². The summed E-state index contributed by atoms with van der Waals surface area (Å²) in [5.41, 5.74) is 1.89. The van der Waals surface area contributed by atoms with E-state index in [-0.39, 0.29) is 11.3 Å². The quantitative estimate of drug-likeness (QED) is 0.806. The molecule has 0 bridgehead atoms. The first kappa shape index (κ1) is 12.2. The van der Waals surface area contributed by atoms with Gasteiger partial charge in [-0.15, -0.1) is 0 Å². The summed E-state index contributed by atoms with van der Waals surface area (Å²) in [4.78, 5) is 15.6. The molecule has 0 atom stereocenters. The third-order valence-corrected chi connectivity index (χ3v) is 3.88. The van der Waals surface area contributed by atoms with Crippen LogP contribution in [0.25, 0.3) is 10.9 Å². The maximum Gasteiger partial charge on any atom is 0.230 e. The number of carbonyl (C=O) groups is 1. The number of hydrogen-bond donors (Lipinski definition) is 2. The maximum absolute atomic E-state index is 12.4. The first-order chi connectivity index (χ1) is 9.28. The van der Waals surface area contributed by atoms with Gasteiger partial charge in [0.15, 0.2) is 0 Å². The van der Waals surface area contributed by atoms with Crippen LogP contribution in [0, 0.1) is 0 Å². The second-order valence-corrected chi connectivity index (χ2v) is 5.08. The predicted molar refractivity (Wildman–Crippen MR) is 74.1 cm³/mol. The van der Waals surface area contributed by atoms with Gasteiger partial charge in [0, 0.05) is 30.8 Å². The van der Waals surface area contributed by atoms with Crippen LogP contribution in [0.5, 0.6) is 0 Å². The first-order valence-corrected chi connectivity index (χ1v) is 6.62. The lowest BCUT2D eigenvalue weighted by atomic mass is 9.94. The van der Waals surface area contributed by atoms with Gasteiger partial charge in [0.25, 0.3) is 0 Å². The Kier molecular flexibility index (Phi) is 3.03. The first-order valence-electron chi connectivity index (χ1n) is 6.62. The van der Waals surface area contributed by atoms with Crippen LogP contribution < -0.4 is 5.32 Å². The summed E-state index contributed by atoms with van der Waals surface area (Å²) < 4.78 is 4.97. The van der Waals surface area contributed by atoms with Gasteiger partial charge in [-0.2, -0.15) is 0 Å². The van der Waals surface area contributed by atoms with Gasteiger partial charge in [0.05, 0.1) is 12.0 Å². The summed E-state index contributed by atoms with van der Waals surface area (Å²) in [6.07, 6.45) is 3.83. The molecule has 1 heterocycles. The van der Waals surface area contributed by atoms with Gasteiger partial charge in [-0.1, -0.05) is 18.2 Å². The number of aromatic amines is 1. The Morgan fingerprint density at radius 2 is 2.21 bits per heavy atom. The average molecular weight is 258 g/mol. The summed E-state index contributed by atoms with van der Waals surface area (Å²) in [5, 5.41) is 4.12. The number of ether oxygens (including phenoxy) is 1. The van der Waals surface area contributed by atoms with Crippen LogP contribution in [-0.2, 0) is 14.9 Å². The van der Waals surface area contributed by atoms with Crippen LogP contribution in [0.15, 0.2) is 30.5 Å². The zero-order valence-electron chi connectivity index (χ0n) is 11.0. The topological polar surface area (TPSA) is 54.1 Å². The molecule has 0 saturated heterocycles. The third kappa shape index (κ3) is 2.02. The van der Waals surface area contributed by atoms with E-state index in [1.54, 1.807) is 7.11 Å². The average Bonchev–Trinajstić information content (AvgIpc) is 3.13. The SMILES string of the molecule is COCCNC(=O)C1(c2c[nH]c3ccccc23)CC1. The molecule has 4 heteroatoms. The highest BCUT2D eigenvalue weighted by Crippen LogP contribution is 2.50. The number of aromatic nitrogens is 1. The summed E-state index contributed by atoms with van der Waals surface area (Å²) in [6.45, 7) is 1.12. The number of fused-ring (bicyclic) bond motifs is 1. The van der Waals surface area contributed by atoms with Crippen molar-refractivity contribution in [2.45, 2.75) is 18.3 Å². The number of methoxy groups -OCH3 is 1. The molecule has 1 aromatic carbocycles. The minimum Gasteiger partial charge on any atom is -0.383 e. The van der Waals surface area contributed by atoms with Gasteiger partial charge in [0.1, 0.15) is 0 Å². The van der Waals surface area contributed by atoms with Crippen molar-refractivity contribution < 1.29 is 9.53 Å². The summed E-state index contributed by atoms with van der Waals surface area (Å²) in [5.74, 6) is 0.120. The number of benzene rings is 1. The number of H-pyrrole nitrogens is 1. The standard InChI is InChI=1S/C15H18N2O2/c1-19-9-8-16-14(18)15(6-7-15)12-10-17-13-5-3-2-4-11(12)13/h2-5,10,17H,6-9H2,1H3,(H,16,18). The van der Waals surface area contributed by atoms with E-state index in [0.717, 1.165) is 29.3 Å². The Balaban J connectivity index is 1.86. The Morgan fingerprint density at radius 1 is 1.42 bits per heavy atom. The number of rotatable bonds is 5. The Hall–Kier alpha value is -1.81. The van der Waals surface area contributed by atoms with Gasteiger partial charge < -0.3 is 15.0 Å². The summed E-state index contributed by atoms with van der Waals surface area (Å²) in [6, 6.07) is 8.13. The van der Waals surface area contributed by atoms with Crippen LogP contribution in [0.4, 0.5) is 0 Å². The Morgan fingerprint density at radius 3 is 2.95 bits per heavy atom. The normalized spacial score (nSPS) is 16.5. The van der Waals surface area contributed by atoms with Crippen molar-refractivity contribution >= 4 is 16.8 Å². The second-order valence-electron chi connectivity index (χ2n) is 5.08. The van der Waals surface area contributed by atoms with Crippen molar-refractivity contribution in [1.29, 1.82) is 0 Å². The highest BCUT2D eigenvalue weighted by atomic mass is 16.5. The highest BCUT2D eigenvalue weighted by molar-refractivity contribution is 5.97. The second kappa shape index (κ2) is 4.70. The molecular formula is C15H18N2O2. The fraction of sp³-hybridized carbons (Fsp3) is 0.400. The van der Waals surface area contributed by atoms with Crippen LogP contribution in [0.1, 0.15) is 18.4 Å². The largest absolute Gasteiger partial charge is 0.383 e. The molecule has 1 aliphatic rings. The minimum absolute atomic E-state index is 0.120. The third-order valence-electron chi connectivity index (χ3n) is 3.88. The molecule has 1 amide bonds. The lowest BCUT2D eigenvalue weighted by Crippen LogP contribution is -2.36. The van der Waals surface area contributed by atoms with Crippen molar-refractivity contribution in [3.8, 4) is 0 Å². The fourth-order valence-corrected chi connectivity index (χ4v) is 2.65. The monoisotopic (exact) mass is 258 g/mol. The molecule has 1 aromatic heterocycles. The smallest absolute Gasteiger partial charge is 0.230 e. The van der Waals surface area contributed by atoms with Crippen molar-refractivity contribution in [2.75, 3.05) is 20.3 Å². The number of nitrogens with one attached hydrogen (secondary N) is 2. The van der Waals surface area contributed by atoms with Crippen molar-refractivity contribution in [3.63, 3.8) is 0 Å². The van der Waals surface area contributed by atoms with E-state index >= 15 is 0 Å². The maximum atomic E-state index is 12.4. The molecule has 0 aliphatic heterocycles. The van der Waals surface area contributed by atoms with Gasteiger partial charge in [-0.05, 0) is 24.5 Å². The van der Waals surface area contributed by atoms with E-state index in [4.69, 9.17) is 4.74 Å². The van der Waals surface area contributed by atoms with E-state index in [1.807, 2.05) is 24.4 Å². The van der Waals surface area contributed by atoms with E-state index in [1.165, 1.54) is 0 Å². The molecule has 19 heavy (non-hydrogen) atoms. The summed E-state index contributed by atoms with van der Waals surface area (Å²) in [7, 11) is 1.64. The molecule has 3 rings (SSSR count). The lowest BCUT2D eigenvalue weighted by molar-refractivity contribution is -0.123. The molecule has 0 radical (unpaired) electrons. The molecule has 1 saturated carbocycles. The fourth-order valence-electron chi connectivity index (χ4n) is 2.65. The molecule has 0 unspecified atom stereocenters. The van der Waals surface area contributed by atoms with Gasteiger partial charge in [0.2, 0.25) is 5.91 Å². The van der Waals surface area contributed by atoms with Gasteiger partial charge in [-0.3, -0.25) is 4.79 Å². The molecule has 0 spiro atoms. The molecule has 100 valence electrons. The minimum atomic E-state index is -0.326. The molecule has 4 nitrogen and oxygen atoms in total. The molecule has 2 N–H and O–H groups in total. The number of amides is 1. The summed E-state index contributed by atoms with van der Waals surface area (Å²) >= 11 is 0. The lowest BCUT2D eigenvalue weighted by Gasteiger charge is -2.14. The van der Waals surface area contributed by atoms with E-state index in [9.17, 15) is 4.79 Å². The zero-order chi connectivity index (χ0) is 13.3. The van der Waals surface area contributed by atoms with Gasteiger partial charge >= 0.3 is 0 Å². The zero-order valence-corrected chi connectivity index (χ0v) is 11.0. The number of carbonyl (C=O) groups excluding carboxylic acids is 1. The van der Waals surface area contributed by atoms with Crippen molar-refractivity contribution in [3.05, 3.63) is 36.0 Å². The van der Waals surface area contributed by atoms with Crippen LogP contribution >= 0.6 is 0 Å². The Bertz CT molecular complexity index is 599. The highest BCUT2D eigenvalue weighted by Gasteiger charge is 2.52. The van der Waals surface area contributed by atoms with Crippen molar-refractivity contribution in [2.24, 2.45) is 0 Å². The van der Waals surface area contributed by atoms with E-state index in [2.05, 4.69) is 16.4 Å². The molecule has 2 aromatic rings. The molecule has 1 fully saturated rings. The molecule has 1 aliphatic carbocycles. The number of para-hydroxylation sites is 1. The molecular weight excluding hydrogens is 240 g/mol. The number of hydrogen-bond acceptors (Lipinski definition) is 2. The van der Waals surface area contributed by atoms with Crippen molar-refractivity contribution in [1.82, 2.24) is 10.3 Å². The predicted octanol–water partition coefficient (Wildman–Crippen LogP) is 1.96.